The maximum Gasteiger partial charge on any atom is 0.435 e. The summed E-state index contributed by atoms with van der Waals surface area (Å²) in [5.41, 5.74) is 2.02. The van der Waals surface area contributed by atoms with Crippen LogP contribution < -0.4 is 10.6 Å². The van der Waals surface area contributed by atoms with Crippen molar-refractivity contribution in [3.63, 3.8) is 0 Å². The summed E-state index contributed by atoms with van der Waals surface area (Å²) in [7, 11) is 0. The number of hydrogen-bond donors (Lipinski definition) is 2. The Hall–Kier alpha value is -3.21. The molecule has 0 saturated heterocycles. The third-order valence-electron chi connectivity index (χ3n) is 4.01. The van der Waals surface area contributed by atoms with Gasteiger partial charge in [0.25, 0.3) is 0 Å². The normalized spacial score (nSPS) is 13.3. The fourth-order valence-electron chi connectivity index (χ4n) is 2.76. The Morgan fingerprint density at radius 2 is 2.14 bits per heavy atom. The van der Waals surface area contributed by atoms with E-state index < -0.39 is 17.8 Å². The van der Waals surface area contributed by atoms with Gasteiger partial charge in [0.15, 0.2) is 10.8 Å². The number of carbonyl (C=O) groups is 2. The summed E-state index contributed by atoms with van der Waals surface area (Å²) < 4.78 is 38.6. The van der Waals surface area contributed by atoms with Gasteiger partial charge in [-0.1, -0.05) is 6.07 Å². The Labute approximate surface area is 160 Å². The minimum atomic E-state index is -4.55. The van der Waals surface area contributed by atoms with Crippen molar-refractivity contribution in [2.24, 2.45) is 0 Å². The number of hydrogen-bond acceptors (Lipinski definition) is 5. The number of anilines is 2. The largest absolute Gasteiger partial charge is 0.435 e. The molecule has 0 bridgehead atoms. The molecule has 3 heterocycles. The fraction of sp³-hybridized carbons (Fsp3) is 0.176. The summed E-state index contributed by atoms with van der Waals surface area (Å²) in [6, 6.07) is 6.27. The highest BCUT2D eigenvalue weighted by Crippen LogP contribution is 2.31. The lowest BCUT2D eigenvalue weighted by atomic mass is 10.1. The van der Waals surface area contributed by atoms with Crippen molar-refractivity contribution in [2.45, 2.75) is 19.1 Å². The summed E-state index contributed by atoms with van der Waals surface area (Å²) in [4.78, 5) is 27.8. The third kappa shape index (κ3) is 3.74. The quantitative estimate of drug-likeness (QED) is 0.695. The average Bonchev–Trinajstić information content (AvgIpc) is 3.32. The van der Waals surface area contributed by atoms with E-state index in [0.29, 0.717) is 17.2 Å². The van der Waals surface area contributed by atoms with Gasteiger partial charge in [0.2, 0.25) is 11.8 Å². The van der Waals surface area contributed by atoms with E-state index in [1.165, 1.54) is 11.3 Å². The second-order valence-electron chi connectivity index (χ2n) is 6.08. The number of aromatic nitrogens is 3. The van der Waals surface area contributed by atoms with Crippen molar-refractivity contribution in [1.29, 1.82) is 0 Å². The van der Waals surface area contributed by atoms with Crippen LogP contribution in [-0.4, -0.2) is 26.6 Å². The molecular weight excluding hydrogens is 395 g/mol. The number of nitrogens with one attached hydrogen (secondary N) is 2. The van der Waals surface area contributed by atoms with Crippen LogP contribution in [0.3, 0.4) is 0 Å². The van der Waals surface area contributed by atoms with E-state index in [0.717, 1.165) is 33.8 Å². The predicted octanol–water partition coefficient (Wildman–Crippen LogP) is 3.16. The molecule has 0 unspecified atom stereocenters. The molecule has 0 spiro atoms. The molecule has 0 fully saturated rings. The van der Waals surface area contributed by atoms with Crippen LogP contribution in [0.15, 0.2) is 35.8 Å². The number of nitrogens with zero attached hydrogens (tertiary/aromatic N) is 3. The van der Waals surface area contributed by atoms with Crippen LogP contribution in [0, 0.1) is 0 Å². The van der Waals surface area contributed by atoms with Crippen LogP contribution in [0.1, 0.15) is 11.3 Å². The van der Waals surface area contributed by atoms with E-state index in [1.54, 1.807) is 11.4 Å². The van der Waals surface area contributed by atoms with Crippen molar-refractivity contribution >= 4 is 34.0 Å². The van der Waals surface area contributed by atoms with E-state index >= 15 is 0 Å². The van der Waals surface area contributed by atoms with Gasteiger partial charge >= 0.3 is 6.18 Å². The molecule has 1 aliphatic rings. The first-order chi connectivity index (χ1) is 13.3. The lowest BCUT2D eigenvalue weighted by molar-refractivity contribution is -0.141. The van der Waals surface area contributed by atoms with E-state index in [1.807, 2.05) is 12.1 Å². The maximum atomic E-state index is 12.5. The van der Waals surface area contributed by atoms with Gasteiger partial charge in [-0.15, -0.1) is 11.3 Å². The molecule has 28 heavy (non-hydrogen) atoms. The molecule has 1 aliphatic heterocycles. The molecule has 0 radical (unpaired) electrons. The smallest absolute Gasteiger partial charge is 0.326 e. The van der Waals surface area contributed by atoms with Crippen molar-refractivity contribution in [1.82, 2.24) is 14.8 Å². The molecule has 1 aromatic carbocycles. The lowest BCUT2D eigenvalue weighted by Gasteiger charge is -2.03. The molecule has 0 aliphatic carbocycles. The first kappa shape index (κ1) is 18.2. The van der Waals surface area contributed by atoms with Crippen LogP contribution >= 0.6 is 11.3 Å². The Bertz CT molecular complexity index is 1070. The SMILES string of the molecule is O=C(Cn1ccc(C(F)(F)F)n1)Nc1nc(-c2ccc3c(c2)CC(=O)N3)cs1. The van der Waals surface area contributed by atoms with Gasteiger partial charge in [0, 0.05) is 22.8 Å². The first-order valence-electron chi connectivity index (χ1n) is 8.07. The van der Waals surface area contributed by atoms with Gasteiger partial charge in [0.05, 0.1) is 12.1 Å². The molecular formula is C17H12F3N5O2S. The molecule has 4 rings (SSSR count). The van der Waals surface area contributed by atoms with Crippen molar-refractivity contribution in [3.8, 4) is 11.3 Å². The summed E-state index contributed by atoms with van der Waals surface area (Å²) in [6.45, 7) is -0.363. The Balaban J connectivity index is 1.42. The second kappa shape index (κ2) is 6.75. The van der Waals surface area contributed by atoms with Crippen LogP contribution in [0.4, 0.5) is 24.0 Å². The zero-order chi connectivity index (χ0) is 19.9. The minimum Gasteiger partial charge on any atom is -0.326 e. The zero-order valence-electron chi connectivity index (χ0n) is 14.1. The first-order valence-corrected chi connectivity index (χ1v) is 8.95. The Kier molecular flexibility index (Phi) is 4.38. The van der Waals surface area contributed by atoms with Crippen molar-refractivity contribution in [3.05, 3.63) is 47.1 Å². The molecule has 7 nitrogen and oxygen atoms in total. The average molecular weight is 407 g/mol. The van der Waals surface area contributed by atoms with Crippen molar-refractivity contribution in [2.75, 3.05) is 10.6 Å². The predicted molar refractivity (Wildman–Crippen MR) is 95.7 cm³/mol. The number of benzene rings is 1. The number of amides is 2. The number of carbonyl (C=O) groups excluding carboxylic acids is 2. The number of rotatable bonds is 4. The van der Waals surface area contributed by atoms with Crippen molar-refractivity contribution < 1.29 is 22.8 Å². The topological polar surface area (TPSA) is 88.9 Å². The molecule has 11 heteroatoms. The van der Waals surface area contributed by atoms with Crippen LogP contribution in [0.2, 0.25) is 0 Å². The van der Waals surface area contributed by atoms with Crippen LogP contribution in [-0.2, 0) is 28.7 Å². The molecule has 2 amide bonds. The maximum absolute atomic E-state index is 12.5. The van der Waals surface area contributed by atoms with Gasteiger partial charge in [-0.25, -0.2) is 4.98 Å². The van der Waals surface area contributed by atoms with E-state index in [2.05, 4.69) is 20.7 Å². The summed E-state index contributed by atoms with van der Waals surface area (Å²) in [5.74, 6) is -0.604. The summed E-state index contributed by atoms with van der Waals surface area (Å²) in [6.07, 6.45) is -3.15. The molecule has 2 N–H and O–H groups in total. The van der Waals surface area contributed by atoms with Gasteiger partial charge in [-0.05, 0) is 23.8 Å². The highest BCUT2D eigenvalue weighted by atomic mass is 32.1. The lowest BCUT2D eigenvalue weighted by Crippen LogP contribution is -2.19. The standard InChI is InChI=1S/C17H12F3N5O2S/c18-17(19,20)13-3-4-25(24-13)7-15(27)23-16-22-12(8-28-16)9-1-2-11-10(5-9)6-14(26)21-11/h1-5,8H,6-7H2,(H,21,26)(H,22,23,27). The number of halogens is 3. The van der Waals surface area contributed by atoms with E-state index in [-0.39, 0.29) is 12.5 Å². The minimum absolute atomic E-state index is 0.0642. The monoisotopic (exact) mass is 407 g/mol. The molecule has 0 saturated carbocycles. The highest BCUT2D eigenvalue weighted by molar-refractivity contribution is 7.14. The second-order valence-corrected chi connectivity index (χ2v) is 6.94. The summed E-state index contributed by atoms with van der Waals surface area (Å²) in [5, 5.41) is 10.7. The molecule has 3 aromatic rings. The van der Waals surface area contributed by atoms with Crippen LogP contribution in [0.25, 0.3) is 11.3 Å². The number of thiazole rings is 1. The molecule has 144 valence electrons. The van der Waals surface area contributed by atoms with Crippen LogP contribution in [0.5, 0.6) is 0 Å². The van der Waals surface area contributed by atoms with E-state index in [9.17, 15) is 22.8 Å². The van der Waals surface area contributed by atoms with E-state index in [4.69, 9.17) is 0 Å². The zero-order valence-corrected chi connectivity index (χ0v) is 14.9. The third-order valence-corrected chi connectivity index (χ3v) is 4.77. The van der Waals surface area contributed by atoms with Gasteiger partial charge in [-0.3, -0.25) is 14.3 Å². The number of fused-ring (bicyclic) bond motifs is 1. The van der Waals surface area contributed by atoms with Gasteiger partial charge in [0.1, 0.15) is 6.54 Å². The summed E-state index contributed by atoms with van der Waals surface area (Å²) >= 11 is 1.19. The molecule has 0 atom stereocenters. The highest BCUT2D eigenvalue weighted by Gasteiger charge is 2.33. The number of alkyl halides is 3. The fourth-order valence-corrected chi connectivity index (χ4v) is 3.50. The van der Waals surface area contributed by atoms with Gasteiger partial charge < -0.3 is 10.6 Å². The Morgan fingerprint density at radius 1 is 1.32 bits per heavy atom. The van der Waals surface area contributed by atoms with Gasteiger partial charge in [-0.2, -0.15) is 18.3 Å². The molecule has 2 aromatic heterocycles. The Morgan fingerprint density at radius 3 is 2.89 bits per heavy atom.